The van der Waals surface area contributed by atoms with Crippen molar-refractivity contribution in [2.45, 2.75) is 25.3 Å². The number of anilines is 1. The maximum absolute atomic E-state index is 5.35. The highest BCUT2D eigenvalue weighted by Gasteiger charge is 2.40. The van der Waals surface area contributed by atoms with Crippen molar-refractivity contribution < 1.29 is 0 Å². The quantitative estimate of drug-likeness (QED) is 0.789. The fraction of sp³-hybridized carbons (Fsp3) is 0.333. The lowest BCUT2D eigenvalue weighted by Crippen LogP contribution is -2.37. The molecule has 1 aliphatic heterocycles. The van der Waals surface area contributed by atoms with Crippen LogP contribution in [-0.2, 0) is 5.41 Å². The molecule has 0 aliphatic carbocycles. The Morgan fingerprint density at radius 1 is 1.24 bits per heavy atom. The highest BCUT2D eigenvalue weighted by molar-refractivity contribution is 5.64. The molecule has 1 unspecified atom stereocenters. The molecule has 1 aliphatic rings. The van der Waals surface area contributed by atoms with Crippen LogP contribution in [0.4, 0.5) is 5.69 Å². The number of likely N-dealkylation sites (N-methyl/N-ethyl adjacent to an activating group) is 1. The molecule has 0 radical (unpaired) electrons. The number of allylic oxidation sites excluding steroid dienone is 2. The molecule has 2 rings (SSSR count). The maximum atomic E-state index is 5.35. The van der Waals surface area contributed by atoms with E-state index in [1.165, 1.54) is 11.3 Å². The molecule has 17 heavy (non-hydrogen) atoms. The van der Waals surface area contributed by atoms with Gasteiger partial charge in [0.1, 0.15) is 0 Å². The summed E-state index contributed by atoms with van der Waals surface area (Å²) in [7, 11) is 2.15. The van der Waals surface area contributed by atoms with Gasteiger partial charge in [-0.25, -0.2) is 0 Å². The fourth-order valence-electron chi connectivity index (χ4n) is 2.72. The molecule has 0 saturated heterocycles. The van der Waals surface area contributed by atoms with Gasteiger partial charge in [0.05, 0.1) is 6.04 Å². The second-order valence-electron chi connectivity index (χ2n) is 5.06. The van der Waals surface area contributed by atoms with Crippen molar-refractivity contribution in [3.63, 3.8) is 0 Å². The molecule has 0 fully saturated rings. The Morgan fingerprint density at radius 3 is 2.59 bits per heavy atom. The number of hydrogen-bond donors (Lipinski definition) is 1. The van der Waals surface area contributed by atoms with Gasteiger partial charge in [0.2, 0.25) is 0 Å². The van der Waals surface area contributed by atoms with Crippen molar-refractivity contribution in [1.29, 1.82) is 0 Å². The molecule has 0 amide bonds. The van der Waals surface area contributed by atoms with Crippen LogP contribution in [0.1, 0.15) is 19.4 Å². The summed E-state index contributed by atoms with van der Waals surface area (Å²) in [6.07, 6.45) is 7.66. The van der Waals surface area contributed by atoms with Crippen LogP contribution in [-0.4, -0.2) is 13.1 Å². The van der Waals surface area contributed by atoms with Crippen molar-refractivity contribution in [2.24, 2.45) is 5.73 Å². The predicted octanol–water partition coefficient (Wildman–Crippen LogP) is 2.81. The third kappa shape index (κ3) is 1.84. The number of nitrogens with zero attached hydrogens (tertiary/aromatic N) is 1. The molecule has 0 saturated carbocycles. The standard InChI is InChI=1S/C15H20N2/c1-15(2)12-8-4-5-9-13(12)17(3)14(15)10-6-7-11-16/h4-11,14H,16H2,1-3H3/b10-6+,11-7+. The molecular formula is C15H20N2. The highest BCUT2D eigenvalue weighted by atomic mass is 15.2. The lowest BCUT2D eigenvalue weighted by molar-refractivity contribution is 0.488. The zero-order valence-electron chi connectivity index (χ0n) is 10.7. The Kier molecular flexibility index (Phi) is 2.97. The minimum absolute atomic E-state index is 0.129. The van der Waals surface area contributed by atoms with Crippen LogP contribution in [0.5, 0.6) is 0 Å². The largest absolute Gasteiger partial charge is 0.405 e. The Hall–Kier alpha value is -1.70. The second kappa shape index (κ2) is 4.28. The first-order valence-electron chi connectivity index (χ1n) is 5.96. The van der Waals surface area contributed by atoms with Crippen molar-refractivity contribution in [3.05, 3.63) is 54.3 Å². The second-order valence-corrected chi connectivity index (χ2v) is 5.06. The van der Waals surface area contributed by atoms with Gasteiger partial charge < -0.3 is 10.6 Å². The Labute approximate surface area is 103 Å². The highest BCUT2D eigenvalue weighted by Crippen LogP contribution is 2.44. The van der Waals surface area contributed by atoms with E-state index in [0.29, 0.717) is 6.04 Å². The van der Waals surface area contributed by atoms with Crippen molar-refractivity contribution in [1.82, 2.24) is 0 Å². The van der Waals surface area contributed by atoms with E-state index in [9.17, 15) is 0 Å². The van der Waals surface area contributed by atoms with Gasteiger partial charge in [-0.15, -0.1) is 0 Å². The average molecular weight is 228 g/mol. The predicted molar refractivity (Wildman–Crippen MR) is 74.1 cm³/mol. The first-order chi connectivity index (χ1) is 8.09. The van der Waals surface area contributed by atoms with E-state index in [4.69, 9.17) is 5.73 Å². The molecule has 1 aromatic carbocycles. The number of para-hydroxylation sites is 1. The molecule has 0 spiro atoms. The Morgan fingerprint density at radius 2 is 1.94 bits per heavy atom. The van der Waals surface area contributed by atoms with Crippen LogP contribution in [0.25, 0.3) is 0 Å². The van der Waals surface area contributed by atoms with Crippen molar-refractivity contribution >= 4 is 5.69 Å². The number of hydrogen-bond acceptors (Lipinski definition) is 2. The van der Waals surface area contributed by atoms with Crippen LogP contribution in [0.3, 0.4) is 0 Å². The lowest BCUT2D eigenvalue weighted by atomic mass is 9.80. The summed E-state index contributed by atoms with van der Waals surface area (Å²) in [5, 5.41) is 0. The zero-order chi connectivity index (χ0) is 12.5. The number of fused-ring (bicyclic) bond motifs is 1. The van der Waals surface area contributed by atoms with E-state index in [1.807, 2.05) is 12.2 Å². The first-order valence-corrected chi connectivity index (χ1v) is 5.96. The van der Waals surface area contributed by atoms with E-state index in [2.05, 4.69) is 56.1 Å². The van der Waals surface area contributed by atoms with Crippen molar-refractivity contribution in [2.75, 3.05) is 11.9 Å². The summed E-state index contributed by atoms with van der Waals surface area (Å²) >= 11 is 0. The third-order valence-electron chi connectivity index (χ3n) is 3.65. The van der Waals surface area contributed by atoms with E-state index >= 15 is 0 Å². The van der Waals surface area contributed by atoms with Gasteiger partial charge >= 0.3 is 0 Å². The minimum Gasteiger partial charge on any atom is -0.405 e. The summed E-state index contributed by atoms with van der Waals surface area (Å²) < 4.78 is 0. The Balaban J connectivity index is 2.39. The molecule has 1 atom stereocenters. The monoisotopic (exact) mass is 228 g/mol. The molecule has 2 heteroatoms. The van der Waals surface area contributed by atoms with Crippen LogP contribution in [0, 0.1) is 0 Å². The first kappa shape index (κ1) is 11.8. The van der Waals surface area contributed by atoms with Crippen molar-refractivity contribution in [3.8, 4) is 0 Å². The third-order valence-corrected chi connectivity index (χ3v) is 3.65. The van der Waals surface area contributed by atoms with E-state index < -0.39 is 0 Å². The van der Waals surface area contributed by atoms with Crippen LogP contribution >= 0.6 is 0 Å². The van der Waals surface area contributed by atoms with Gasteiger partial charge in [0.25, 0.3) is 0 Å². The fourth-order valence-corrected chi connectivity index (χ4v) is 2.72. The van der Waals surface area contributed by atoms with Crippen LogP contribution < -0.4 is 10.6 Å². The lowest BCUT2D eigenvalue weighted by Gasteiger charge is -2.29. The minimum atomic E-state index is 0.129. The molecule has 1 heterocycles. The van der Waals surface area contributed by atoms with Gasteiger partial charge in [-0.1, -0.05) is 44.2 Å². The normalized spacial score (nSPS) is 22.5. The summed E-state index contributed by atoms with van der Waals surface area (Å²) in [6.45, 7) is 4.58. The molecule has 2 N–H and O–H groups in total. The molecular weight excluding hydrogens is 208 g/mol. The van der Waals surface area contributed by atoms with E-state index in [-0.39, 0.29) is 5.41 Å². The van der Waals surface area contributed by atoms with Gasteiger partial charge in [0, 0.05) is 18.2 Å². The van der Waals surface area contributed by atoms with Crippen LogP contribution in [0.15, 0.2) is 48.7 Å². The summed E-state index contributed by atoms with van der Waals surface area (Å²) in [4.78, 5) is 2.33. The van der Waals surface area contributed by atoms with Gasteiger partial charge in [-0.05, 0) is 23.9 Å². The molecule has 90 valence electrons. The van der Waals surface area contributed by atoms with E-state index in [1.54, 1.807) is 6.20 Å². The molecule has 2 nitrogen and oxygen atoms in total. The Bertz CT molecular complexity index is 458. The van der Waals surface area contributed by atoms with Gasteiger partial charge in [-0.3, -0.25) is 0 Å². The van der Waals surface area contributed by atoms with Gasteiger partial charge in [-0.2, -0.15) is 0 Å². The summed E-state index contributed by atoms with van der Waals surface area (Å²) in [5.74, 6) is 0. The maximum Gasteiger partial charge on any atom is 0.0565 e. The topological polar surface area (TPSA) is 29.3 Å². The molecule has 0 aromatic heterocycles. The zero-order valence-corrected chi connectivity index (χ0v) is 10.7. The smallest absolute Gasteiger partial charge is 0.0565 e. The summed E-state index contributed by atoms with van der Waals surface area (Å²) in [5.41, 5.74) is 8.22. The number of benzene rings is 1. The van der Waals surface area contributed by atoms with E-state index in [0.717, 1.165) is 0 Å². The van der Waals surface area contributed by atoms with Gasteiger partial charge in [0.15, 0.2) is 0 Å². The number of nitrogens with two attached hydrogens (primary N) is 1. The SMILES string of the molecule is CN1c2ccccc2C(C)(C)C1/C=C/C=C/N. The molecule has 1 aromatic rings. The summed E-state index contributed by atoms with van der Waals surface area (Å²) in [6, 6.07) is 8.98. The van der Waals surface area contributed by atoms with Crippen LogP contribution in [0.2, 0.25) is 0 Å². The number of rotatable bonds is 2. The molecule has 0 bridgehead atoms. The average Bonchev–Trinajstić information content (AvgIpc) is 2.51.